The summed E-state index contributed by atoms with van der Waals surface area (Å²) in [7, 11) is 0. The fraction of sp³-hybridized carbons (Fsp3) is 0.167. The Morgan fingerprint density at radius 1 is 1.17 bits per heavy atom. The molecular formula is C18H13N3OS. The van der Waals surface area contributed by atoms with Gasteiger partial charge >= 0.3 is 0 Å². The normalized spacial score (nSPS) is 19.4. The van der Waals surface area contributed by atoms with E-state index in [0.29, 0.717) is 17.7 Å². The fourth-order valence-corrected chi connectivity index (χ4v) is 4.08. The summed E-state index contributed by atoms with van der Waals surface area (Å²) in [5.41, 5.74) is 3.39. The first-order chi connectivity index (χ1) is 11.3. The largest absolute Gasteiger partial charge is 0.273 e. The van der Waals surface area contributed by atoms with Gasteiger partial charge in [-0.05, 0) is 30.3 Å². The Balaban J connectivity index is 1.78. The predicted octanol–water partition coefficient (Wildman–Crippen LogP) is 3.42. The Hall–Kier alpha value is -2.58. The molecule has 2 aliphatic heterocycles. The lowest BCUT2D eigenvalue weighted by molar-refractivity contribution is -0.119. The molecule has 0 aromatic heterocycles. The summed E-state index contributed by atoms with van der Waals surface area (Å²) in [6, 6.07) is 17.2. The van der Waals surface area contributed by atoms with Crippen molar-refractivity contribution in [3.8, 4) is 6.07 Å². The quantitative estimate of drug-likeness (QED) is 0.809. The third-order valence-electron chi connectivity index (χ3n) is 4.10. The van der Waals surface area contributed by atoms with Gasteiger partial charge in [0.15, 0.2) is 0 Å². The number of anilines is 1. The van der Waals surface area contributed by atoms with Gasteiger partial charge in [-0.2, -0.15) is 10.4 Å². The smallest absolute Gasteiger partial charge is 0.248 e. The number of hydrogen-bond acceptors (Lipinski definition) is 4. The van der Waals surface area contributed by atoms with Gasteiger partial charge in [0.05, 0.1) is 23.0 Å². The van der Waals surface area contributed by atoms with Crippen LogP contribution in [0.1, 0.15) is 17.5 Å². The first-order valence-corrected chi connectivity index (χ1v) is 8.38. The van der Waals surface area contributed by atoms with Crippen LogP contribution in [0, 0.1) is 17.2 Å². The molecule has 0 N–H and O–H groups in total. The van der Waals surface area contributed by atoms with E-state index in [4.69, 9.17) is 5.26 Å². The van der Waals surface area contributed by atoms with E-state index in [1.807, 2.05) is 12.1 Å². The molecule has 2 aliphatic rings. The van der Waals surface area contributed by atoms with Crippen molar-refractivity contribution in [1.82, 2.24) is 0 Å². The van der Waals surface area contributed by atoms with E-state index in [0.717, 1.165) is 17.0 Å². The maximum absolute atomic E-state index is 12.5. The van der Waals surface area contributed by atoms with Crippen LogP contribution in [0.2, 0.25) is 0 Å². The van der Waals surface area contributed by atoms with Gasteiger partial charge in [0.1, 0.15) is 0 Å². The molecule has 0 fully saturated rings. The van der Waals surface area contributed by atoms with Gasteiger partial charge in [0, 0.05) is 28.6 Å². The second-order valence-electron chi connectivity index (χ2n) is 5.56. The molecule has 0 aliphatic carbocycles. The first-order valence-electron chi connectivity index (χ1n) is 7.40. The molecule has 0 spiro atoms. The third-order valence-corrected chi connectivity index (χ3v) is 5.33. The molecule has 5 heteroatoms. The SMILES string of the molecule is N#Cc1ccc(N2N=C3c4ccccc4SCC3CC2=O)cc1. The van der Waals surface area contributed by atoms with Gasteiger partial charge in [0.25, 0.3) is 0 Å². The van der Waals surface area contributed by atoms with Crippen molar-refractivity contribution in [2.24, 2.45) is 11.0 Å². The lowest BCUT2D eigenvalue weighted by Crippen LogP contribution is -2.39. The Bertz CT molecular complexity index is 851. The summed E-state index contributed by atoms with van der Waals surface area (Å²) in [5, 5.41) is 15.0. The minimum Gasteiger partial charge on any atom is -0.273 e. The Morgan fingerprint density at radius 2 is 1.96 bits per heavy atom. The first kappa shape index (κ1) is 14.0. The summed E-state index contributed by atoms with van der Waals surface area (Å²) in [4.78, 5) is 13.7. The lowest BCUT2D eigenvalue weighted by Gasteiger charge is -2.32. The molecule has 0 bridgehead atoms. The molecule has 0 saturated heterocycles. The van der Waals surface area contributed by atoms with E-state index in [9.17, 15) is 4.79 Å². The fourth-order valence-electron chi connectivity index (χ4n) is 2.92. The number of hydrazone groups is 1. The second kappa shape index (κ2) is 5.56. The number of benzene rings is 2. The number of fused-ring (bicyclic) bond motifs is 3. The summed E-state index contributed by atoms with van der Waals surface area (Å²) < 4.78 is 0. The lowest BCUT2D eigenvalue weighted by atomic mass is 9.93. The number of amides is 1. The molecule has 23 heavy (non-hydrogen) atoms. The number of carbonyl (C=O) groups excluding carboxylic acids is 1. The minimum atomic E-state index is 0.00318. The van der Waals surface area contributed by atoms with Gasteiger partial charge in [-0.1, -0.05) is 18.2 Å². The molecule has 4 nitrogen and oxygen atoms in total. The van der Waals surface area contributed by atoms with Crippen LogP contribution in [-0.4, -0.2) is 17.4 Å². The number of thioether (sulfide) groups is 1. The molecule has 2 aromatic carbocycles. The zero-order valence-electron chi connectivity index (χ0n) is 12.3. The highest BCUT2D eigenvalue weighted by atomic mass is 32.2. The van der Waals surface area contributed by atoms with Crippen LogP contribution in [0.25, 0.3) is 0 Å². The third kappa shape index (κ3) is 2.41. The molecular weight excluding hydrogens is 306 g/mol. The van der Waals surface area contributed by atoms with E-state index in [2.05, 4.69) is 23.3 Å². The van der Waals surface area contributed by atoms with Crippen molar-refractivity contribution in [3.63, 3.8) is 0 Å². The minimum absolute atomic E-state index is 0.00318. The molecule has 2 heterocycles. The molecule has 1 amide bonds. The van der Waals surface area contributed by atoms with Crippen LogP contribution in [0.5, 0.6) is 0 Å². The standard InChI is InChI=1S/C18H13N3OS/c19-10-12-5-7-14(8-6-12)21-17(22)9-13-11-23-16-4-2-1-3-15(16)18(13)20-21/h1-8,13H,9,11H2. The van der Waals surface area contributed by atoms with Crippen molar-refractivity contribution >= 4 is 29.1 Å². The van der Waals surface area contributed by atoms with Crippen LogP contribution >= 0.6 is 11.8 Å². The summed E-state index contributed by atoms with van der Waals surface area (Å²) in [5.74, 6) is 1.07. The number of rotatable bonds is 1. The maximum Gasteiger partial charge on any atom is 0.248 e. The highest BCUT2D eigenvalue weighted by Crippen LogP contribution is 2.37. The van der Waals surface area contributed by atoms with E-state index in [1.54, 1.807) is 36.0 Å². The molecule has 1 unspecified atom stereocenters. The van der Waals surface area contributed by atoms with Crippen molar-refractivity contribution in [2.45, 2.75) is 11.3 Å². The van der Waals surface area contributed by atoms with Crippen LogP contribution in [-0.2, 0) is 4.79 Å². The highest BCUT2D eigenvalue weighted by molar-refractivity contribution is 7.99. The zero-order chi connectivity index (χ0) is 15.8. The molecule has 4 rings (SSSR count). The summed E-state index contributed by atoms with van der Waals surface area (Å²) in [6.07, 6.45) is 0.472. The van der Waals surface area contributed by atoms with E-state index in [-0.39, 0.29) is 11.8 Å². The predicted molar refractivity (Wildman–Crippen MR) is 90.5 cm³/mol. The average molecular weight is 319 g/mol. The molecule has 0 saturated carbocycles. The van der Waals surface area contributed by atoms with Crippen LogP contribution in [0.3, 0.4) is 0 Å². The van der Waals surface area contributed by atoms with E-state index < -0.39 is 0 Å². The molecule has 112 valence electrons. The summed E-state index contributed by atoms with van der Waals surface area (Å²) >= 11 is 1.79. The van der Waals surface area contributed by atoms with Crippen molar-refractivity contribution in [2.75, 3.05) is 10.8 Å². The Kier molecular flexibility index (Phi) is 3.40. The van der Waals surface area contributed by atoms with Gasteiger partial charge in [-0.15, -0.1) is 11.8 Å². The monoisotopic (exact) mass is 319 g/mol. The number of nitriles is 1. The van der Waals surface area contributed by atoms with Gasteiger partial charge in [-0.3, -0.25) is 4.79 Å². The number of nitrogens with zero attached hydrogens (tertiary/aromatic N) is 3. The van der Waals surface area contributed by atoms with Crippen LogP contribution in [0.15, 0.2) is 58.5 Å². The topological polar surface area (TPSA) is 56.5 Å². The Morgan fingerprint density at radius 3 is 2.74 bits per heavy atom. The zero-order valence-corrected chi connectivity index (χ0v) is 13.1. The van der Waals surface area contributed by atoms with Crippen molar-refractivity contribution < 1.29 is 4.79 Å². The van der Waals surface area contributed by atoms with Gasteiger partial charge < -0.3 is 0 Å². The maximum atomic E-state index is 12.5. The van der Waals surface area contributed by atoms with Crippen molar-refractivity contribution in [3.05, 3.63) is 59.7 Å². The second-order valence-corrected chi connectivity index (χ2v) is 6.62. The molecule has 1 atom stereocenters. The average Bonchev–Trinajstić information content (AvgIpc) is 2.61. The molecule has 2 aromatic rings. The van der Waals surface area contributed by atoms with Crippen LogP contribution in [0.4, 0.5) is 5.69 Å². The van der Waals surface area contributed by atoms with E-state index in [1.165, 1.54) is 9.90 Å². The number of hydrogen-bond donors (Lipinski definition) is 0. The van der Waals surface area contributed by atoms with Gasteiger partial charge in [-0.25, -0.2) is 5.01 Å². The number of carbonyl (C=O) groups is 1. The summed E-state index contributed by atoms with van der Waals surface area (Å²) in [6.45, 7) is 0. The van der Waals surface area contributed by atoms with E-state index >= 15 is 0 Å². The van der Waals surface area contributed by atoms with Gasteiger partial charge in [0.2, 0.25) is 5.91 Å². The molecule has 0 radical (unpaired) electrons. The van der Waals surface area contributed by atoms with Crippen molar-refractivity contribution in [1.29, 1.82) is 5.26 Å². The highest BCUT2D eigenvalue weighted by Gasteiger charge is 2.34. The van der Waals surface area contributed by atoms with Crippen LogP contribution < -0.4 is 5.01 Å². The Labute approximate surface area is 138 Å².